The van der Waals surface area contributed by atoms with Gasteiger partial charge in [-0.2, -0.15) is 0 Å². The predicted molar refractivity (Wildman–Crippen MR) is 107 cm³/mol. The number of carbonyl (C=O) groups is 2. The van der Waals surface area contributed by atoms with E-state index in [0.29, 0.717) is 17.2 Å². The van der Waals surface area contributed by atoms with Gasteiger partial charge in [0.25, 0.3) is 5.91 Å². The van der Waals surface area contributed by atoms with Gasteiger partial charge in [-0.3, -0.25) is 4.79 Å². The topological polar surface area (TPSA) is 73.9 Å². The largest absolute Gasteiger partial charge is 0.497 e. The summed E-state index contributed by atoms with van der Waals surface area (Å²) in [6.45, 7) is 1.51. The Kier molecular flexibility index (Phi) is 5.79. The van der Waals surface area contributed by atoms with E-state index in [4.69, 9.17) is 14.2 Å². The lowest BCUT2D eigenvalue weighted by atomic mass is 10.1. The molecule has 1 amide bonds. The third kappa shape index (κ3) is 4.23. The monoisotopic (exact) mass is 379 g/mol. The lowest BCUT2D eigenvalue weighted by Gasteiger charge is -2.15. The molecule has 0 aliphatic rings. The maximum absolute atomic E-state index is 12.6. The number of ether oxygens (including phenoxy) is 3. The fourth-order valence-corrected chi connectivity index (χ4v) is 2.77. The molecule has 28 heavy (non-hydrogen) atoms. The van der Waals surface area contributed by atoms with Crippen LogP contribution in [0.2, 0.25) is 0 Å². The zero-order valence-corrected chi connectivity index (χ0v) is 15.9. The second kappa shape index (κ2) is 8.43. The van der Waals surface area contributed by atoms with Gasteiger partial charge >= 0.3 is 5.97 Å². The number of anilines is 1. The molecule has 0 unspecified atom stereocenters. The maximum atomic E-state index is 12.6. The Bertz CT molecular complexity index is 1010. The molecule has 0 heterocycles. The summed E-state index contributed by atoms with van der Waals surface area (Å²) in [5.41, 5.74) is 0.817. The normalized spacial score (nSPS) is 11.5. The molecule has 1 atom stereocenters. The van der Waals surface area contributed by atoms with Gasteiger partial charge in [-0.25, -0.2) is 4.79 Å². The first-order chi connectivity index (χ1) is 13.5. The van der Waals surface area contributed by atoms with E-state index in [9.17, 15) is 9.59 Å². The smallest absolute Gasteiger partial charge is 0.342 e. The maximum Gasteiger partial charge on any atom is 0.342 e. The second-order valence-electron chi connectivity index (χ2n) is 6.17. The van der Waals surface area contributed by atoms with Gasteiger partial charge in [0.2, 0.25) is 0 Å². The van der Waals surface area contributed by atoms with E-state index in [0.717, 1.165) is 10.8 Å². The molecule has 3 rings (SSSR count). The minimum atomic E-state index is -0.991. The van der Waals surface area contributed by atoms with Gasteiger partial charge < -0.3 is 19.5 Å². The molecule has 0 aliphatic heterocycles. The highest BCUT2D eigenvalue weighted by Crippen LogP contribution is 2.27. The summed E-state index contributed by atoms with van der Waals surface area (Å²) in [6, 6.07) is 18.0. The molecule has 1 N–H and O–H groups in total. The minimum absolute atomic E-state index is 0.266. The molecule has 144 valence electrons. The average molecular weight is 379 g/mol. The van der Waals surface area contributed by atoms with Gasteiger partial charge in [-0.15, -0.1) is 0 Å². The van der Waals surface area contributed by atoms with E-state index in [1.807, 2.05) is 24.3 Å². The van der Waals surface area contributed by atoms with Gasteiger partial charge in [0.15, 0.2) is 6.10 Å². The molecule has 0 saturated carbocycles. The number of esters is 1. The van der Waals surface area contributed by atoms with E-state index in [1.54, 1.807) is 43.5 Å². The number of fused-ring (bicyclic) bond motifs is 1. The summed E-state index contributed by atoms with van der Waals surface area (Å²) in [6.07, 6.45) is -0.991. The Labute approximate surface area is 163 Å². The van der Waals surface area contributed by atoms with Crippen LogP contribution in [-0.2, 0) is 9.53 Å². The van der Waals surface area contributed by atoms with Crippen molar-refractivity contribution in [2.75, 3.05) is 19.5 Å². The van der Waals surface area contributed by atoms with Crippen molar-refractivity contribution >= 4 is 28.3 Å². The number of nitrogens with one attached hydrogen (secondary N) is 1. The second-order valence-corrected chi connectivity index (χ2v) is 6.17. The number of amides is 1. The predicted octanol–water partition coefficient (Wildman–Crippen LogP) is 4.04. The van der Waals surface area contributed by atoms with Gasteiger partial charge in [-0.05, 0) is 42.0 Å². The Morgan fingerprint density at radius 3 is 2.29 bits per heavy atom. The molecule has 0 fully saturated rings. The van der Waals surface area contributed by atoms with E-state index in [-0.39, 0.29) is 5.56 Å². The highest BCUT2D eigenvalue weighted by atomic mass is 16.5. The summed E-state index contributed by atoms with van der Waals surface area (Å²) in [5.74, 6) is -0.0651. The number of hydrogen-bond donors (Lipinski definition) is 1. The van der Waals surface area contributed by atoms with Gasteiger partial charge in [-0.1, -0.05) is 30.3 Å². The molecule has 3 aromatic rings. The molecular weight excluding hydrogens is 358 g/mol. The number of benzene rings is 3. The molecular formula is C22H21NO5. The fraction of sp³-hybridized carbons (Fsp3) is 0.182. The van der Waals surface area contributed by atoms with E-state index < -0.39 is 18.0 Å². The molecule has 3 aromatic carbocycles. The molecule has 0 saturated heterocycles. The van der Waals surface area contributed by atoms with Crippen molar-refractivity contribution in [2.45, 2.75) is 13.0 Å². The van der Waals surface area contributed by atoms with Crippen LogP contribution in [-0.4, -0.2) is 32.2 Å². The van der Waals surface area contributed by atoms with Crippen molar-refractivity contribution in [3.63, 3.8) is 0 Å². The van der Waals surface area contributed by atoms with Crippen LogP contribution in [0.25, 0.3) is 10.8 Å². The van der Waals surface area contributed by atoms with Gasteiger partial charge in [0, 0.05) is 11.8 Å². The molecule has 0 radical (unpaired) electrons. The standard InChI is InChI=1S/C22H21NO5/c1-14(21(24)23-17-9-6-10-18(13-17)26-2)28-22(25)19-11-15-7-4-5-8-16(15)12-20(19)27-3/h4-14H,1-3H3,(H,23,24)/t14-/m0/s1. The average Bonchev–Trinajstić information content (AvgIpc) is 2.72. The summed E-state index contributed by atoms with van der Waals surface area (Å²) in [7, 11) is 3.03. The van der Waals surface area contributed by atoms with Crippen molar-refractivity contribution in [1.29, 1.82) is 0 Å². The Hall–Kier alpha value is -3.54. The lowest BCUT2D eigenvalue weighted by molar-refractivity contribution is -0.123. The Morgan fingerprint density at radius 2 is 1.61 bits per heavy atom. The van der Waals surface area contributed by atoms with Crippen molar-refractivity contribution in [2.24, 2.45) is 0 Å². The quantitative estimate of drug-likeness (QED) is 0.654. The lowest BCUT2D eigenvalue weighted by Crippen LogP contribution is -2.30. The summed E-state index contributed by atoms with van der Waals surface area (Å²) in [4.78, 5) is 25.0. The van der Waals surface area contributed by atoms with Crippen LogP contribution in [0, 0.1) is 0 Å². The van der Waals surface area contributed by atoms with E-state index in [2.05, 4.69) is 5.32 Å². The van der Waals surface area contributed by atoms with Crippen LogP contribution in [0.5, 0.6) is 11.5 Å². The van der Waals surface area contributed by atoms with E-state index in [1.165, 1.54) is 14.0 Å². The highest BCUT2D eigenvalue weighted by molar-refractivity contribution is 6.01. The number of carbonyl (C=O) groups excluding carboxylic acids is 2. The van der Waals surface area contributed by atoms with E-state index >= 15 is 0 Å². The molecule has 6 nitrogen and oxygen atoms in total. The van der Waals surface area contributed by atoms with Crippen LogP contribution >= 0.6 is 0 Å². The van der Waals surface area contributed by atoms with Crippen LogP contribution in [0.3, 0.4) is 0 Å². The first kappa shape index (κ1) is 19.2. The Morgan fingerprint density at radius 1 is 0.893 bits per heavy atom. The number of rotatable bonds is 6. The molecule has 0 aromatic heterocycles. The van der Waals surface area contributed by atoms with Crippen LogP contribution in [0.15, 0.2) is 60.7 Å². The van der Waals surface area contributed by atoms with Crippen molar-refractivity contribution in [3.05, 3.63) is 66.2 Å². The molecule has 0 bridgehead atoms. The van der Waals surface area contributed by atoms with Crippen molar-refractivity contribution in [1.82, 2.24) is 0 Å². The zero-order valence-electron chi connectivity index (χ0n) is 15.9. The molecule has 6 heteroatoms. The van der Waals surface area contributed by atoms with Gasteiger partial charge in [0.1, 0.15) is 17.1 Å². The van der Waals surface area contributed by atoms with Crippen LogP contribution < -0.4 is 14.8 Å². The molecule has 0 aliphatic carbocycles. The number of methoxy groups -OCH3 is 2. The summed E-state index contributed by atoms with van der Waals surface area (Å²) < 4.78 is 15.8. The Balaban J connectivity index is 1.74. The third-order valence-corrected chi connectivity index (χ3v) is 4.28. The summed E-state index contributed by atoms with van der Waals surface area (Å²) in [5, 5.41) is 4.53. The van der Waals surface area contributed by atoms with Crippen LogP contribution in [0.1, 0.15) is 17.3 Å². The molecule has 0 spiro atoms. The van der Waals surface area contributed by atoms with Gasteiger partial charge in [0.05, 0.1) is 14.2 Å². The van der Waals surface area contributed by atoms with Crippen LogP contribution in [0.4, 0.5) is 5.69 Å². The zero-order chi connectivity index (χ0) is 20.1. The van der Waals surface area contributed by atoms with Crippen molar-refractivity contribution in [3.8, 4) is 11.5 Å². The third-order valence-electron chi connectivity index (χ3n) is 4.28. The highest BCUT2D eigenvalue weighted by Gasteiger charge is 2.22. The number of hydrogen-bond acceptors (Lipinski definition) is 5. The fourth-order valence-electron chi connectivity index (χ4n) is 2.77. The minimum Gasteiger partial charge on any atom is -0.497 e. The van der Waals surface area contributed by atoms with Crippen molar-refractivity contribution < 1.29 is 23.8 Å². The summed E-state index contributed by atoms with van der Waals surface area (Å²) >= 11 is 0. The SMILES string of the molecule is COc1cccc(NC(=O)[C@H](C)OC(=O)c2cc3ccccc3cc2OC)c1. The first-order valence-electron chi connectivity index (χ1n) is 8.74. The first-order valence-corrected chi connectivity index (χ1v) is 8.74.